The van der Waals surface area contributed by atoms with Gasteiger partial charge in [-0.3, -0.25) is 14.2 Å². The Morgan fingerprint density at radius 1 is 1.47 bits per heavy atom. The van der Waals surface area contributed by atoms with Gasteiger partial charge < -0.3 is 10.4 Å². The molecule has 1 amide bonds. The van der Waals surface area contributed by atoms with E-state index in [1.807, 2.05) is 6.92 Å². The van der Waals surface area contributed by atoms with Gasteiger partial charge in [-0.25, -0.2) is 0 Å². The van der Waals surface area contributed by atoms with Crippen molar-refractivity contribution in [3.8, 4) is 0 Å². The summed E-state index contributed by atoms with van der Waals surface area (Å²) in [6.07, 6.45) is 4.83. The monoisotopic (exact) mass is 284 g/mol. The molecule has 1 aromatic heterocycles. The van der Waals surface area contributed by atoms with Gasteiger partial charge in [0.1, 0.15) is 6.54 Å². The first-order valence-corrected chi connectivity index (χ1v) is 7.51. The van der Waals surface area contributed by atoms with Crippen LogP contribution in [-0.4, -0.2) is 27.7 Å². The third-order valence-electron chi connectivity index (χ3n) is 3.80. The second kappa shape index (κ2) is 5.88. The molecule has 0 atom stereocenters. The van der Waals surface area contributed by atoms with Gasteiger partial charge >= 0.3 is 4.87 Å². The molecule has 1 saturated carbocycles. The smallest absolute Gasteiger partial charge is 0.307 e. The van der Waals surface area contributed by atoms with Crippen LogP contribution in [0.5, 0.6) is 0 Å². The van der Waals surface area contributed by atoms with Crippen LogP contribution in [0, 0.1) is 6.92 Å². The zero-order valence-electron chi connectivity index (χ0n) is 11.1. The Labute approximate surface area is 116 Å². The van der Waals surface area contributed by atoms with Crippen LogP contribution in [0.4, 0.5) is 0 Å². The minimum atomic E-state index is -0.483. The number of amides is 1. The Hall–Kier alpha value is -1.14. The van der Waals surface area contributed by atoms with Crippen molar-refractivity contribution in [3.05, 3.63) is 20.7 Å². The normalized spacial score (nSPS) is 18.2. The second-order valence-corrected chi connectivity index (χ2v) is 6.10. The first kappa shape index (κ1) is 14.3. The van der Waals surface area contributed by atoms with Gasteiger partial charge in [0.25, 0.3) is 0 Å². The molecule has 0 aliphatic heterocycles. The highest BCUT2D eigenvalue weighted by Crippen LogP contribution is 2.27. The van der Waals surface area contributed by atoms with Crippen LogP contribution in [0.25, 0.3) is 0 Å². The number of nitrogens with zero attached hydrogens (tertiary/aromatic N) is 1. The van der Waals surface area contributed by atoms with Crippen molar-refractivity contribution in [1.82, 2.24) is 9.88 Å². The van der Waals surface area contributed by atoms with Crippen LogP contribution >= 0.6 is 11.3 Å². The maximum absolute atomic E-state index is 12.1. The molecular weight excluding hydrogens is 264 g/mol. The molecule has 2 rings (SSSR count). The molecule has 106 valence electrons. The van der Waals surface area contributed by atoms with Gasteiger partial charge in [-0.2, -0.15) is 0 Å². The Morgan fingerprint density at radius 2 is 2.16 bits per heavy atom. The number of rotatable bonds is 4. The van der Waals surface area contributed by atoms with Crippen LogP contribution in [0.15, 0.2) is 10.2 Å². The molecule has 2 N–H and O–H groups in total. The number of hydrogen-bond donors (Lipinski definition) is 2. The third kappa shape index (κ3) is 3.25. The molecule has 1 fully saturated rings. The van der Waals surface area contributed by atoms with Crippen molar-refractivity contribution >= 4 is 17.2 Å². The van der Waals surface area contributed by atoms with E-state index < -0.39 is 5.54 Å². The van der Waals surface area contributed by atoms with E-state index in [-0.39, 0.29) is 23.9 Å². The molecule has 1 aliphatic carbocycles. The Bertz CT molecular complexity index is 500. The third-order valence-corrected chi connectivity index (χ3v) is 4.68. The number of hydrogen-bond acceptors (Lipinski definition) is 4. The molecule has 0 spiro atoms. The summed E-state index contributed by atoms with van der Waals surface area (Å²) in [6.45, 7) is 1.82. The molecule has 1 aliphatic rings. The van der Waals surface area contributed by atoms with Gasteiger partial charge in [-0.15, -0.1) is 0 Å². The summed E-state index contributed by atoms with van der Waals surface area (Å²) in [5.41, 5.74) is 0.315. The lowest BCUT2D eigenvalue weighted by Gasteiger charge is -2.36. The number of aromatic nitrogens is 1. The number of carbonyl (C=O) groups is 1. The number of nitrogens with one attached hydrogen (secondary N) is 1. The van der Waals surface area contributed by atoms with E-state index in [1.54, 1.807) is 5.38 Å². The van der Waals surface area contributed by atoms with Crippen LogP contribution in [0.2, 0.25) is 0 Å². The summed E-state index contributed by atoms with van der Waals surface area (Å²) >= 11 is 1.10. The number of aliphatic hydroxyl groups excluding tert-OH is 1. The van der Waals surface area contributed by atoms with Crippen molar-refractivity contribution in [3.63, 3.8) is 0 Å². The largest absolute Gasteiger partial charge is 0.394 e. The molecule has 0 saturated heterocycles. The maximum atomic E-state index is 12.1. The van der Waals surface area contributed by atoms with Gasteiger partial charge in [0, 0.05) is 11.1 Å². The quantitative estimate of drug-likeness (QED) is 0.867. The number of aliphatic hydroxyl groups is 1. The van der Waals surface area contributed by atoms with Crippen LogP contribution in [0.3, 0.4) is 0 Å². The van der Waals surface area contributed by atoms with E-state index in [4.69, 9.17) is 0 Å². The van der Waals surface area contributed by atoms with E-state index in [9.17, 15) is 14.7 Å². The molecule has 5 nitrogen and oxygen atoms in total. The predicted octanol–water partition coefficient (Wildman–Crippen LogP) is 1.03. The first-order valence-electron chi connectivity index (χ1n) is 6.63. The van der Waals surface area contributed by atoms with Crippen molar-refractivity contribution in [1.29, 1.82) is 0 Å². The van der Waals surface area contributed by atoms with Crippen molar-refractivity contribution in [2.45, 2.75) is 51.1 Å². The van der Waals surface area contributed by atoms with Gasteiger partial charge in [0.05, 0.1) is 12.1 Å². The number of carbonyl (C=O) groups excluding carboxylic acids is 1. The van der Waals surface area contributed by atoms with Crippen LogP contribution in [-0.2, 0) is 11.3 Å². The lowest BCUT2D eigenvalue weighted by molar-refractivity contribution is -0.124. The lowest BCUT2D eigenvalue weighted by Crippen LogP contribution is -2.53. The zero-order valence-corrected chi connectivity index (χ0v) is 12.0. The second-order valence-electron chi connectivity index (χ2n) is 5.28. The van der Waals surface area contributed by atoms with E-state index in [2.05, 4.69) is 5.32 Å². The molecule has 6 heteroatoms. The first-order chi connectivity index (χ1) is 9.06. The average Bonchev–Trinajstić information content (AvgIpc) is 2.71. The predicted molar refractivity (Wildman–Crippen MR) is 74.4 cm³/mol. The van der Waals surface area contributed by atoms with Crippen molar-refractivity contribution in [2.75, 3.05) is 6.61 Å². The summed E-state index contributed by atoms with van der Waals surface area (Å²) < 4.78 is 1.47. The molecule has 1 heterocycles. The van der Waals surface area contributed by atoms with E-state index in [0.717, 1.165) is 49.1 Å². The molecule has 0 radical (unpaired) electrons. The molecule has 0 aromatic carbocycles. The summed E-state index contributed by atoms with van der Waals surface area (Å²) in [6, 6.07) is 0. The molecular formula is C13H20N2O3S. The van der Waals surface area contributed by atoms with Crippen LogP contribution in [0.1, 0.15) is 37.8 Å². The zero-order chi connectivity index (χ0) is 13.9. The van der Waals surface area contributed by atoms with Gasteiger partial charge in [-0.05, 0) is 19.8 Å². The summed E-state index contributed by atoms with van der Waals surface area (Å²) in [4.78, 5) is 23.5. The van der Waals surface area contributed by atoms with Crippen LogP contribution < -0.4 is 10.2 Å². The average molecular weight is 284 g/mol. The number of aryl methyl sites for hydroxylation is 1. The highest BCUT2D eigenvalue weighted by atomic mass is 32.1. The summed E-state index contributed by atoms with van der Waals surface area (Å²) in [5, 5.41) is 14.2. The van der Waals surface area contributed by atoms with Crippen molar-refractivity contribution < 1.29 is 9.90 Å². The SMILES string of the molecule is Cc1csc(=O)n1CC(=O)NC1(CO)CCCCC1. The summed E-state index contributed by atoms with van der Waals surface area (Å²) in [5.74, 6) is -0.195. The van der Waals surface area contributed by atoms with Crippen molar-refractivity contribution in [2.24, 2.45) is 0 Å². The molecule has 19 heavy (non-hydrogen) atoms. The lowest BCUT2D eigenvalue weighted by atomic mass is 9.82. The molecule has 1 aromatic rings. The van der Waals surface area contributed by atoms with Gasteiger partial charge in [0.15, 0.2) is 0 Å². The van der Waals surface area contributed by atoms with E-state index in [0.29, 0.717) is 0 Å². The fraction of sp³-hybridized carbons (Fsp3) is 0.692. The Morgan fingerprint density at radius 3 is 2.68 bits per heavy atom. The number of thiazole rings is 1. The minimum Gasteiger partial charge on any atom is -0.394 e. The van der Waals surface area contributed by atoms with Gasteiger partial charge in [-0.1, -0.05) is 30.6 Å². The maximum Gasteiger partial charge on any atom is 0.307 e. The highest BCUT2D eigenvalue weighted by Gasteiger charge is 2.32. The molecule has 0 unspecified atom stereocenters. The highest BCUT2D eigenvalue weighted by molar-refractivity contribution is 7.07. The fourth-order valence-corrected chi connectivity index (χ4v) is 3.36. The van der Waals surface area contributed by atoms with Gasteiger partial charge in [0.2, 0.25) is 5.91 Å². The van der Waals surface area contributed by atoms with E-state index >= 15 is 0 Å². The van der Waals surface area contributed by atoms with E-state index in [1.165, 1.54) is 4.57 Å². The molecule has 0 bridgehead atoms. The minimum absolute atomic E-state index is 0.0315. The summed E-state index contributed by atoms with van der Waals surface area (Å²) in [7, 11) is 0. The Balaban J connectivity index is 2.02. The fourth-order valence-electron chi connectivity index (χ4n) is 2.63. The Kier molecular flexibility index (Phi) is 4.42. The standard InChI is InChI=1S/C13H20N2O3S/c1-10-8-19-12(18)15(10)7-11(17)14-13(9-16)5-3-2-4-6-13/h8,16H,2-7,9H2,1H3,(H,14,17). The topological polar surface area (TPSA) is 71.3 Å².